The van der Waals surface area contributed by atoms with Gasteiger partial charge in [-0.05, 0) is 19.1 Å². The monoisotopic (exact) mass is 178 g/mol. The second-order valence-corrected chi connectivity index (χ2v) is 3.29. The molecule has 0 amide bonds. The molecule has 3 heteroatoms. The van der Waals surface area contributed by atoms with E-state index in [9.17, 15) is 0 Å². The molecule has 13 heavy (non-hydrogen) atoms. The summed E-state index contributed by atoms with van der Waals surface area (Å²) in [5.74, 6) is 0. The third-order valence-corrected chi connectivity index (χ3v) is 2.19. The summed E-state index contributed by atoms with van der Waals surface area (Å²) in [5, 5.41) is 3.38. The first-order chi connectivity index (χ1) is 6.36. The van der Waals surface area contributed by atoms with Crippen molar-refractivity contribution in [2.45, 2.75) is 13.0 Å². The maximum Gasteiger partial charge on any atom is 0.0733 e. The number of nitrogens with zero attached hydrogens (tertiary/aromatic N) is 1. The number of pyridine rings is 1. The van der Waals surface area contributed by atoms with Gasteiger partial charge in [-0.1, -0.05) is 6.07 Å². The van der Waals surface area contributed by atoms with Crippen molar-refractivity contribution in [1.82, 2.24) is 10.3 Å². The Morgan fingerprint density at radius 1 is 1.54 bits per heavy atom. The Morgan fingerprint density at radius 2 is 2.46 bits per heavy atom. The van der Waals surface area contributed by atoms with Crippen LogP contribution >= 0.6 is 0 Å². The number of aromatic nitrogens is 1. The van der Waals surface area contributed by atoms with Gasteiger partial charge < -0.3 is 10.1 Å². The summed E-state index contributed by atoms with van der Waals surface area (Å²) in [6.07, 6.45) is 0. The number of morpholine rings is 1. The lowest BCUT2D eigenvalue weighted by Crippen LogP contribution is -2.35. The van der Waals surface area contributed by atoms with Crippen molar-refractivity contribution in [3.63, 3.8) is 0 Å². The van der Waals surface area contributed by atoms with Gasteiger partial charge in [0.05, 0.1) is 24.9 Å². The predicted octanol–water partition coefficient (Wildman–Crippen LogP) is 1.05. The Labute approximate surface area is 78.1 Å². The number of hydrogen-bond acceptors (Lipinski definition) is 3. The third-order valence-electron chi connectivity index (χ3n) is 2.19. The fraction of sp³-hybridized carbons (Fsp3) is 0.500. The first kappa shape index (κ1) is 8.66. The molecule has 1 aromatic heterocycles. The summed E-state index contributed by atoms with van der Waals surface area (Å²) >= 11 is 0. The predicted molar refractivity (Wildman–Crippen MR) is 50.5 cm³/mol. The molecule has 0 aromatic carbocycles. The lowest BCUT2D eigenvalue weighted by molar-refractivity contribution is 0.0756. The van der Waals surface area contributed by atoms with Gasteiger partial charge >= 0.3 is 0 Å². The zero-order valence-electron chi connectivity index (χ0n) is 7.79. The van der Waals surface area contributed by atoms with Crippen molar-refractivity contribution in [3.05, 3.63) is 29.6 Å². The minimum absolute atomic E-state index is 0.272. The summed E-state index contributed by atoms with van der Waals surface area (Å²) < 4.78 is 5.37. The number of aryl methyl sites for hydroxylation is 1. The maximum absolute atomic E-state index is 5.37. The largest absolute Gasteiger partial charge is 0.378 e. The molecule has 1 aliphatic heterocycles. The molecule has 1 N–H and O–H groups in total. The molecule has 1 aliphatic rings. The van der Waals surface area contributed by atoms with Crippen LogP contribution < -0.4 is 5.32 Å². The Morgan fingerprint density at radius 3 is 3.15 bits per heavy atom. The molecular weight excluding hydrogens is 164 g/mol. The molecule has 2 rings (SSSR count). The second kappa shape index (κ2) is 3.85. The standard InChI is InChI=1S/C10H14N2O/c1-8-3-2-4-9(12-8)10-7-13-6-5-11-10/h2-4,10-11H,5-7H2,1H3. The first-order valence-corrected chi connectivity index (χ1v) is 4.61. The van der Waals surface area contributed by atoms with E-state index in [1.807, 2.05) is 25.1 Å². The van der Waals surface area contributed by atoms with E-state index in [2.05, 4.69) is 10.3 Å². The number of hydrogen-bond donors (Lipinski definition) is 1. The average molecular weight is 178 g/mol. The Kier molecular flexibility index (Phi) is 2.57. The van der Waals surface area contributed by atoms with E-state index >= 15 is 0 Å². The van der Waals surface area contributed by atoms with Crippen molar-refractivity contribution >= 4 is 0 Å². The zero-order valence-corrected chi connectivity index (χ0v) is 7.79. The summed E-state index contributed by atoms with van der Waals surface area (Å²) in [6, 6.07) is 6.36. The summed E-state index contributed by atoms with van der Waals surface area (Å²) in [6.45, 7) is 4.46. The van der Waals surface area contributed by atoms with Crippen molar-refractivity contribution in [2.24, 2.45) is 0 Å². The van der Waals surface area contributed by atoms with Crippen LogP contribution in [0.5, 0.6) is 0 Å². The van der Waals surface area contributed by atoms with E-state index in [1.54, 1.807) is 0 Å². The van der Waals surface area contributed by atoms with Crippen molar-refractivity contribution in [3.8, 4) is 0 Å². The topological polar surface area (TPSA) is 34.1 Å². The van der Waals surface area contributed by atoms with Crippen LogP contribution in [0.1, 0.15) is 17.4 Å². The van der Waals surface area contributed by atoms with Gasteiger partial charge in [0.1, 0.15) is 0 Å². The molecule has 1 fully saturated rings. The smallest absolute Gasteiger partial charge is 0.0733 e. The third kappa shape index (κ3) is 2.05. The van der Waals surface area contributed by atoms with Gasteiger partial charge in [0.15, 0.2) is 0 Å². The average Bonchev–Trinajstić information content (AvgIpc) is 2.19. The molecule has 2 heterocycles. The molecule has 1 aromatic rings. The molecule has 70 valence electrons. The SMILES string of the molecule is Cc1cccc(C2COCCN2)n1. The lowest BCUT2D eigenvalue weighted by atomic mass is 10.1. The molecule has 1 atom stereocenters. The second-order valence-electron chi connectivity index (χ2n) is 3.29. The highest BCUT2D eigenvalue weighted by Gasteiger charge is 2.15. The van der Waals surface area contributed by atoms with Gasteiger partial charge in [0.2, 0.25) is 0 Å². The van der Waals surface area contributed by atoms with Gasteiger partial charge in [-0.25, -0.2) is 0 Å². The van der Waals surface area contributed by atoms with E-state index in [0.29, 0.717) is 0 Å². The van der Waals surface area contributed by atoms with Crippen LogP contribution in [0.15, 0.2) is 18.2 Å². The Bertz CT molecular complexity index is 282. The van der Waals surface area contributed by atoms with Crippen LogP contribution in [0.3, 0.4) is 0 Å². The van der Waals surface area contributed by atoms with Gasteiger partial charge in [0.25, 0.3) is 0 Å². The molecule has 1 saturated heterocycles. The van der Waals surface area contributed by atoms with Crippen LogP contribution in [0, 0.1) is 6.92 Å². The highest BCUT2D eigenvalue weighted by Crippen LogP contribution is 2.13. The van der Waals surface area contributed by atoms with Crippen LogP contribution in [-0.4, -0.2) is 24.7 Å². The zero-order chi connectivity index (χ0) is 9.10. The van der Waals surface area contributed by atoms with Crippen molar-refractivity contribution in [1.29, 1.82) is 0 Å². The fourth-order valence-electron chi connectivity index (χ4n) is 1.51. The van der Waals surface area contributed by atoms with Crippen LogP contribution in [0.2, 0.25) is 0 Å². The number of ether oxygens (including phenoxy) is 1. The maximum atomic E-state index is 5.37. The molecular formula is C10H14N2O. The summed E-state index contributed by atoms with van der Waals surface area (Å²) in [5.41, 5.74) is 2.14. The fourth-order valence-corrected chi connectivity index (χ4v) is 1.51. The van der Waals surface area contributed by atoms with Crippen molar-refractivity contribution < 1.29 is 4.74 Å². The highest BCUT2D eigenvalue weighted by atomic mass is 16.5. The molecule has 0 spiro atoms. The highest BCUT2D eigenvalue weighted by molar-refractivity contribution is 5.13. The Hall–Kier alpha value is -0.930. The Balaban J connectivity index is 2.14. The number of nitrogens with one attached hydrogen (secondary N) is 1. The van der Waals surface area contributed by atoms with Crippen LogP contribution in [0.4, 0.5) is 0 Å². The van der Waals surface area contributed by atoms with Gasteiger partial charge in [-0.2, -0.15) is 0 Å². The van der Waals surface area contributed by atoms with Crippen LogP contribution in [0.25, 0.3) is 0 Å². The summed E-state index contributed by atoms with van der Waals surface area (Å²) in [4.78, 5) is 4.45. The van der Waals surface area contributed by atoms with Gasteiger partial charge in [-0.15, -0.1) is 0 Å². The van der Waals surface area contributed by atoms with E-state index < -0.39 is 0 Å². The minimum Gasteiger partial charge on any atom is -0.378 e. The molecule has 0 aliphatic carbocycles. The minimum atomic E-state index is 0.272. The van der Waals surface area contributed by atoms with Gasteiger partial charge in [-0.3, -0.25) is 4.98 Å². The number of rotatable bonds is 1. The normalized spacial score (nSPS) is 23.0. The van der Waals surface area contributed by atoms with E-state index in [-0.39, 0.29) is 6.04 Å². The summed E-state index contributed by atoms with van der Waals surface area (Å²) in [7, 11) is 0. The van der Waals surface area contributed by atoms with E-state index in [0.717, 1.165) is 31.1 Å². The van der Waals surface area contributed by atoms with E-state index in [4.69, 9.17) is 4.74 Å². The molecule has 0 bridgehead atoms. The van der Waals surface area contributed by atoms with Crippen LogP contribution in [-0.2, 0) is 4.74 Å². The first-order valence-electron chi connectivity index (χ1n) is 4.61. The molecule has 1 unspecified atom stereocenters. The molecule has 0 radical (unpaired) electrons. The lowest BCUT2D eigenvalue weighted by Gasteiger charge is -2.23. The van der Waals surface area contributed by atoms with Crippen molar-refractivity contribution in [2.75, 3.05) is 19.8 Å². The van der Waals surface area contributed by atoms with E-state index in [1.165, 1.54) is 0 Å². The van der Waals surface area contributed by atoms with Gasteiger partial charge in [0, 0.05) is 12.2 Å². The quantitative estimate of drug-likeness (QED) is 0.698. The molecule has 0 saturated carbocycles. The molecule has 3 nitrogen and oxygen atoms in total.